The van der Waals surface area contributed by atoms with Crippen molar-refractivity contribution in [3.63, 3.8) is 0 Å². The van der Waals surface area contributed by atoms with Crippen molar-refractivity contribution >= 4 is 46.4 Å². The monoisotopic (exact) mass is 397 g/mol. The van der Waals surface area contributed by atoms with E-state index in [2.05, 4.69) is 55.6 Å². The average Bonchev–Trinajstić information content (AvgIpc) is 3.56. The average molecular weight is 397 g/mol. The third kappa shape index (κ3) is 4.56. The van der Waals surface area contributed by atoms with Gasteiger partial charge < -0.3 is 20.0 Å². The molecule has 0 spiro atoms. The molecule has 0 amide bonds. The quantitative estimate of drug-likeness (QED) is 0.365. The molecular weight excluding hydrogens is 374 g/mol. The van der Waals surface area contributed by atoms with Gasteiger partial charge in [0.15, 0.2) is 0 Å². The standard InChI is InChI=1S/C20H14N4.C4H9NO/c1-2-14-10-16-5-6-18(23-16)12-20-8-7-19(24-20)11-17-4-3-15(22-17)9-13(1)21-14;1-3-6-4-2-5-1/h1-12,21-22H;5H,1-4H2. The van der Waals surface area contributed by atoms with Gasteiger partial charge in [-0.2, -0.15) is 0 Å². The zero-order valence-corrected chi connectivity index (χ0v) is 16.6. The summed E-state index contributed by atoms with van der Waals surface area (Å²) in [6.07, 6.45) is 8.05. The second-order valence-corrected chi connectivity index (χ2v) is 7.27. The molecule has 0 aliphatic carbocycles. The van der Waals surface area contributed by atoms with Gasteiger partial charge in [0.2, 0.25) is 0 Å². The molecular formula is C24H23N5O. The minimum absolute atomic E-state index is 0.889. The summed E-state index contributed by atoms with van der Waals surface area (Å²) < 4.78 is 5.01. The fourth-order valence-corrected chi connectivity index (χ4v) is 3.46. The van der Waals surface area contributed by atoms with Crippen LogP contribution in [0.25, 0.3) is 46.4 Å². The van der Waals surface area contributed by atoms with Crippen LogP contribution in [-0.2, 0) is 4.74 Å². The minimum Gasteiger partial charge on any atom is -0.379 e. The summed E-state index contributed by atoms with van der Waals surface area (Å²) in [4.78, 5) is 16.0. The Morgan fingerprint density at radius 2 is 1.00 bits per heavy atom. The SMILES string of the molecule is C1=Cc2cc3ccc(cc4ccc(cc5nc(cc1n2)C=C5)[nH]4)[nH]3.C1COCCN1. The number of nitrogens with one attached hydrogen (secondary N) is 3. The van der Waals surface area contributed by atoms with Gasteiger partial charge in [0.25, 0.3) is 0 Å². The predicted molar refractivity (Wildman–Crippen MR) is 123 cm³/mol. The molecule has 3 N–H and O–H groups in total. The van der Waals surface area contributed by atoms with Crippen molar-refractivity contribution in [2.24, 2.45) is 0 Å². The Kier molecular flexibility index (Phi) is 5.25. The summed E-state index contributed by atoms with van der Waals surface area (Å²) in [7, 11) is 0. The van der Waals surface area contributed by atoms with E-state index in [-0.39, 0.29) is 0 Å². The maximum absolute atomic E-state index is 5.01. The van der Waals surface area contributed by atoms with Crippen molar-refractivity contribution in [1.82, 2.24) is 25.3 Å². The summed E-state index contributed by atoms with van der Waals surface area (Å²) in [6, 6.07) is 16.4. The molecule has 3 aromatic rings. The zero-order valence-electron chi connectivity index (χ0n) is 16.6. The molecule has 1 saturated heterocycles. The first kappa shape index (κ1) is 18.5. The largest absolute Gasteiger partial charge is 0.379 e. The molecule has 1 fully saturated rings. The van der Waals surface area contributed by atoms with Crippen LogP contribution in [0, 0.1) is 0 Å². The van der Waals surface area contributed by atoms with Gasteiger partial charge in [-0.05, 0) is 72.8 Å². The first-order valence-electron chi connectivity index (χ1n) is 10.1. The molecule has 6 nitrogen and oxygen atoms in total. The lowest BCUT2D eigenvalue weighted by atomic mass is 10.3. The lowest BCUT2D eigenvalue weighted by Gasteiger charge is -2.10. The molecule has 0 radical (unpaired) electrons. The van der Waals surface area contributed by atoms with Crippen molar-refractivity contribution in [3.8, 4) is 0 Å². The van der Waals surface area contributed by atoms with Crippen LogP contribution in [0.3, 0.4) is 0 Å². The molecule has 8 bridgehead atoms. The van der Waals surface area contributed by atoms with Crippen molar-refractivity contribution < 1.29 is 4.74 Å². The van der Waals surface area contributed by atoms with E-state index in [1.165, 1.54) is 0 Å². The molecule has 30 heavy (non-hydrogen) atoms. The lowest BCUT2D eigenvalue weighted by Crippen LogP contribution is -2.30. The summed E-state index contributed by atoms with van der Waals surface area (Å²) in [5.41, 5.74) is 7.86. The Balaban J connectivity index is 0.000000279. The molecule has 6 heteroatoms. The fourth-order valence-electron chi connectivity index (χ4n) is 3.46. The third-order valence-corrected chi connectivity index (χ3v) is 4.89. The number of rotatable bonds is 0. The van der Waals surface area contributed by atoms with Crippen LogP contribution >= 0.6 is 0 Å². The number of hydrogen-bond acceptors (Lipinski definition) is 4. The zero-order chi connectivity index (χ0) is 20.2. The van der Waals surface area contributed by atoms with Gasteiger partial charge in [0.1, 0.15) is 0 Å². The van der Waals surface area contributed by atoms with E-state index in [4.69, 9.17) is 4.74 Å². The second-order valence-electron chi connectivity index (χ2n) is 7.27. The van der Waals surface area contributed by atoms with Crippen LogP contribution in [0.5, 0.6) is 0 Å². The number of aromatic amines is 2. The highest BCUT2D eigenvalue weighted by Gasteiger charge is 2.02. The van der Waals surface area contributed by atoms with Crippen LogP contribution in [0.4, 0.5) is 0 Å². The molecule has 3 aliphatic rings. The van der Waals surface area contributed by atoms with E-state index in [0.717, 1.165) is 71.1 Å². The van der Waals surface area contributed by atoms with Crippen LogP contribution in [0.1, 0.15) is 22.8 Å². The normalized spacial score (nSPS) is 14.9. The van der Waals surface area contributed by atoms with Gasteiger partial charge in [-0.3, -0.25) is 0 Å². The highest BCUT2D eigenvalue weighted by Crippen LogP contribution is 2.17. The van der Waals surface area contributed by atoms with Crippen LogP contribution in [0.15, 0.2) is 48.5 Å². The maximum atomic E-state index is 5.01. The molecule has 0 atom stereocenters. The van der Waals surface area contributed by atoms with Gasteiger partial charge in [0, 0.05) is 35.2 Å². The van der Waals surface area contributed by atoms with Gasteiger partial charge in [-0.25, -0.2) is 9.97 Å². The number of fused-ring (bicyclic) bond motifs is 8. The van der Waals surface area contributed by atoms with E-state index in [9.17, 15) is 0 Å². The van der Waals surface area contributed by atoms with Crippen LogP contribution in [0.2, 0.25) is 0 Å². The highest BCUT2D eigenvalue weighted by atomic mass is 16.5. The van der Waals surface area contributed by atoms with E-state index in [0.29, 0.717) is 0 Å². The van der Waals surface area contributed by atoms with Crippen LogP contribution < -0.4 is 5.32 Å². The summed E-state index contributed by atoms with van der Waals surface area (Å²) >= 11 is 0. The molecule has 0 unspecified atom stereocenters. The first-order valence-corrected chi connectivity index (χ1v) is 10.1. The Morgan fingerprint density at radius 1 is 0.567 bits per heavy atom. The number of aromatic nitrogens is 4. The topological polar surface area (TPSA) is 78.6 Å². The van der Waals surface area contributed by atoms with E-state index >= 15 is 0 Å². The number of ether oxygens (including phenoxy) is 1. The highest BCUT2D eigenvalue weighted by molar-refractivity contribution is 5.77. The maximum Gasteiger partial charge on any atom is 0.0659 e. The molecule has 3 aromatic heterocycles. The second kappa shape index (κ2) is 8.49. The van der Waals surface area contributed by atoms with E-state index in [1.54, 1.807) is 0 Å². The Hall–Kier alpha value is -3.48. The van der Waals surface area contributed by atoms with Crippen molar-refractivity contribution in [2.45, 2.75) is 0 Å². The molecule has 0 aromatic carbocycles. The fraction of sp³-hybridized carbons (Fsp3) is 0.167. The molecule has 0 saturated carbocycles. The van der Waals surface area contributed by atoms with E-state index in [1.807, 2.05) is 42.5 Å². The molecule has 150 valence electrons. The van der Waals surface area contributed by atoms with Crippen molar-refractivity contribution in [2.75, 3.05) is 26.3 Å². The molecule has 6 rings (SSSR count). The summed E-state index contributed by atoms with van der Waals surface area (Å²) in [6.45, 7) is 3.83. The number of H-pyrrole nitrogens is 2. The molecule has 3 aliphatic heterocycles. The van der Waals surface area contributed by atoms with Crippen LogP contribution in [-0.4, -0.2) is 46.2 Å². The van der Waals surface area contributed by atoms with Crippen molar-refractivity contribution in [1.29, 1.82) is 0 Å². The Labute approximate surface area is 174 Å². The van der Waals surface area contributed by atoms with E-state index < -0.39 is 0 Å². The number of morpholine rings is 1. The molecule has 6 heterocycles. The van der Waals surface area contributed by atoms with Gasteiger partial charge >= 0.3 is 0 Å². The summed E-state index contributed by atoms with van der Waals surface area (Å²) in [5, 5.41) is 3.16. The third-order valence-electron chi connectivity index (χ3n) is 4.89. The minimum atomic E-state index is 0.889. The van der Waals surface area contributed by atoms with Gasteiger partial charge in [-0.15, -0.1) is 0 Å². The number of hydrogen-bond donors (Lipinski definition) is 3. The Bertz CT molecular complexity index is 1160. The smallest absolute Gasteiger partial charge is 0.0659 e. The summed E-state index contributed by atoms with van der Waals surface area (Å²) in [5.74, 6) is 0. The Morgan fingerprint density at radius 3 is 1.40 bits per heavy atom. The lowest BCUT2D eigenvalue weighted by molar-refractivity contribution is 0.109. The van der Waals surface area contributed by atoms with Crippen molar-refractivity contribution in [3.05, 3.63) is 71.3 Å². The van der Waals surface area contributed by atoms with Gasteiger partial charge in [0.05, 0.1) is 36.0 Å². The van der Waals surface area contributed by atoms with Gasteiger partial charge in [-0.1, -0.05) is 0 Å². The first-order chi connectivity index (χ1) is 14.8. The predicted octanol–water partition coefficient (Wildman–Crippen LogP) is 4.26. The number of nitrogens with zero attached hydrogens (tertiary/aromatic N) is 2.